The third-order valence-corrected chi connectivity index (χ3v) is 11.4. The molecule has 39 heavy (non-hydrogen) atoms. The summed E-state index contributed by atoms with van der Waals surface area (Å²) in [6, 6.07) is 0. The van der Waals surface area contributed by atoms with Gasteiger partial charge in [0.2, 0.25) is 0 Å². The SMILES string of the molecule is CCCCCCCCCCCCCCCCCCCCCCOP(=O)(O)OP(=O)(O)OP(=O)(O)OP(=O)(O)O. The van der Waals surface area contributed by atoms with Gasteiger partial charge in [-0.25, -0.2) is 18.3 Å². The molecule has 5 N–H and O–H groups in total. The monoisotopic (exact) mass is 646 g/mol. The van der Waals surface area contributed by atoms with E-state index in [1.807, 2.05) is 0 Å². The Bertz CT molecular complexity index is 805. The number of hydrogen-bond donors (Lipinski definition) is 5. The predicted molar refractivity (Wildman–Crippen MR) is 149 cm³/mol. The average Bonchev–Trinajstić information content (AvgIpc) is 2.76. The molecule has 3 atom stereocenters. The van der Waals surface area contributed by atoms with Crippen LogP contribution in [0.5, 0.6) is 0 Å². The molecule has 0 aliphatic carbocycles. The Labute approximate surface area is 233 Å². The lowest BCUT2D eigenvalue weighted by Crippen LogP contribution is -1.99. The van der Waals surface area contributed by atoms with Crippen LogP contribution in [0, 0.1) is 0 Å². The molecule has 0 aliphatic rings. The lowest BCUT2D eigenvalue weighted by atomic mass is 10.0. The van der Waals surface area contributed by atoms with Gasteiger partial charge in [-0.3, -0.25) is 4.52 Å². The van der Waals surface area contributed by atoms with Crippen molar-refractivity contribution in [2.24, 2.45) is 0 Å². The van der Waals surface area contributed by atoms with Gasteiger partial charge in [-0.2, -0.15) is 12.9 Å². The first-order valence-corrected chi connectivity index (χ1v) is 20.0. The zero-order chi connectivity index (χ0) is 29.7. The molecule has 0 spiro atoms. The van der Waals surface area contributed by atoms with Crippen molar-refractivity contribution in [1.29, 1.82) is 0 Å². The van der Waals surface area contributed by atoms with Crippen molar-refractivity contribution in [3.8, 4) is 0 Å². The second-order valence-corrected chi connectivity index (χ2v) is 15.7. The first-order chi connectivity index (χ1) is 18.2. The molecule has 0 rings (SSSR count). The molecule has 0 amide bonds. The third kappa shape index (κ3) is 28.5. The van der Waals surface area contributed by atoms with Crippen LogP contribution in [0.3, 0.4) is 0 Å². The first-order valence-electron chi connectivity index (χ1n) is 14.0. The van der Waals surface area contributed by atoms with Crippen molar-refractivity contribution in [3.63, 3.8) is 0 Å². The number of unbranched alkanes of at least 4 members (excludes halogenated alkanes) is 19. The van der Waals surface area contributed by atoms with Crippen LogP contribution >= 0.6 is 31.3 Å². The van der Waals surface area contributed by atoms with Crippen molar-refractivity contribution in [2.45, 2.75) is 135 Å². The summed E-state index contributed by atoms with van der Waals surface area (Å²) >= 11 is 0. The van der Waals surface area contributed by atoms with E-state index in [9.17, 15) is 28.0 Å². The molecule has 0 heterocycles. The maximum Gasteiger partial charge on any atom is 0.490 e. The molecule has 17 heteroatoms. The first kappa shape index (κ1) is 39.6. The summed E-state index contributed by atoms with van der Waals surface area (Å²) in [5.41, 5.74) is 0. The highest BCUT2D eigenvalue weighted by atomic mass is 31.3. The average molecular weight is 647 g/mol. The largest absolute Gasteiger partial charge is 0.490 e. The minimum atomic E-state index is -5.78. The maximum atomic E-state index is 11.7. The lowest BCUT2D eigenvalue weighted by Gasteiger charge is -2.18. The number of phosphoric ester groups is 1. The van der Waals surface area contributed by atoms with E-state index < -0.39 is 31.3 Å². The molecule has 0 radical (unpaired) electrons. The second-order valence-electron chi connectivity index (χ2n) is 9.69. The maximum absolute atomic E-state index is 11.7. The van der Waals surface area contributed by atoms with Crippen LogP contribution in [0.1, 0.15) is 135 Å². The molecule has 13 nitrogen and oxygen atoms in total. The Hall–Kier alpha value is 0.560. The molecule has 236 valence electrons. The molecule has 0 saturated carbocycles. The highest BCUT2D eigenvalue weighted by Gasteiger charge is 2.44. The highest BCUT2D eigenvalue weighted by Crippen LogP contribution is 2.70. The van der Waals surface area contributed by atoms with Gasteiger partial charge in [-0.15, -0.1) is 0 Å². The molecular weight excluding hydrogens is 596 g/mol. The van der Waals surface area contributed by atoms with Gasteiger partial charge in [-0.1, -0.05) is 129 Å². The zero-order valence-corrected chi connectivity index (χ0v) is 26.7. The quantitative estimate of drug-likeness (QED) is 0.0401. The third-order valence-electron chi connectivity index (χ3n) is 5.87. The normalized spacial score (nSPS) is 17.0. The molecule has 0 aromatic rings. The van der Waals surface area contributed by atoms with Crippen LogP contribution < -0.4 is 0 Å². The molecule has 3 unspecified atom stereocenters. The molecule has 0 saturated heterocycles. The summed E-state index contributed by atoms with van der Waals surface area (Å²) in [7, 11) is -22.2. The number of hydrogen-bond acceptors (Lipinski definition) is 8. The predicted octanol–water partition coefficient (Wildman–Crippen LogP) is 8.27. The smallest absolute Gasteiger partial charge is 0.302 e. The summed E-state index contributed by atoms with van der Waals surface area (Å²) in [6.07, 6.45) is 23.9. The molecule has 0 aromatic carbocycles. The van der Waals surface area contributed by atoms with Gasteiger partial charge < -0.3 is 24.5 Å². The van der Waals surface area contributed by atoms with Crippen molar-refractivity contribution in [1.82, 2.24) is 0 Å². The minimum Gasteiger partial charge on any atom is -0.302 e. The Morgan fingerprint density at radius 1 is 0.410 bits per heavy atom. The van der Waals surface area contributed by atoms with Gasteiger partial charge in [0.1, 0.15) is 0 Å². The fraction of sp³-hybridized carbons (Fsp3) is 1.00. The fourth-order valence-electron chi connectivity index (χ4n) is 3.99. The fourth-order valence-corrected chi connectivity index (χ4v) is 8.47. The standard InChI is InChI=1S/C22H50O13P4/c1-2-3-4-5-6-7-8-9-10-11-12-13-14-15-16-17-18-19-20-21-22-32-37(26,27)34-39(30,31)35-38(28,29)33-36(23,24)25/h2-22H2,1H3,(H,26,27)(H,28,29)(H,30,31)(H2,23,24,25). The van der Waals surface area contributed by atoms with Crippen LogP contribution in [-0.4, -0.2) is 31.1 Å². The summed E-state index contributed by atoms with van der Waals surface area (Å²) in [4.78, 5) is 44.7. The van der Waals surface area contributed by atoms with E-state index in [0.717, 1.165) is 19.3 Å². The van der Waals surface area contributed by atoms with Crippen LogP contribution in [-0.2, 0) is 35.7 Å². The van der Waals surface area contributed by atoms with Crippen molar-refractivity contribution >= 4 is 31.3 Å². The molecule has 0 aliphatic heterocycles. The molecule has 0 fully saturated rings. The highest BCUT2D eigenvalue weighted by molar-refractivity contribution is 7.69. The van der Waals surface area contributed by atoms with Gasteiger partial charge in [-0.05, 0) is 6.42 Å². The zero-order valence-electron chi connectivity index (χ0n) is 23.1. The minimum absolute atomic E-state index is 0.289. The van der Waals surface area contributed by atoms with E-state index in [-0.39, 0.29) is 6.61 Å². The molecular formula is C22H50O13P4. The van der Waals surface area contributed by atoms with Gasteiger partial charge in [0, 0.05) is 0 Å². The summed E-state index contributed by atoms with van der Waals surface area (Å²) in [5, 5.41) is 0. The van der Waals surface area contributed by atoms with E-state index in [4.69, 9.17) is 14.7 Å². The van der Waals surface area contributed by atoms with E-state index in [2.05, 4.69) is 24.4 Å². The van der Waals surface area contributed by atoms with Gasteiger partial charge in [0.25, 0.3) is 0 Å². The van der Waals surface area contributed by atoms with Gasteiger partial charge in [0.05, 0.1) is 6.61 Å². The Kier molecular flexibility index (Phi) is 22.5. The van der Waals surface area contributed by atoms with Crippen molar-refractivity contribution < 1.29 is 60.2 Å². The van der Waals surface area contributed by atoms with Crippen molar-refractivity contribution in [3.05, 3.63) is 0 Å². The van der Waals surface area contributed by atoms with Gasteiger partial charge >= 0.3 is 31.3 Å². The number of phosphoric acid groups is 4. The van der Waals surface area contributed by atoms with E-state index in [1.165, 1.54) is 96.3 Å². The van der Waals surface area contributed by atoms with Gasteiger partial charge in [0.15, 0.2) is 0 Å². The van der Waals surface area contributed by atoms with Crippen molar-refractivity contribution in [2.75, 3.05) is 6.61 Å². The van der Waals surface area contributed by atoms with E-state index in [1.54, 1.807) is 0 Å². The van der Waals surface area contributed by atoms with Crippen LogP contribution in [0.25, 0.3) is 0 Å². The summed E-state index contributed by atoms with van der Waals surface area (Å²) in [6.45, 7) is 1.96. The Morgan fingerprint density at radius 3 is 1.03 bits per heavy atom. The topological polar surface area (TPSA) is 206 Å². The summed E-state index contributed by atoms with van der Waals surface area (Å²) < 4.78 is 60.4. The lowest BCUT2D eigenvalue weighted by molar-refractivity contribution is 0.167. The summed E-state index contributed by atoms with van der Waals surface area (Å²) in [5.74, 6) is 0. The Morgan fingerprint density at radius 2 is 0.692 bits per heavy atom. The van der Waals surface area contributed by atoms with E-state index >= 15 is 0 Å². The van der Waals surface area contributed by atoms with Crippen LogP contribution in [0.4, 0.5) is 0 Å². The van der Waals surface area contributed by atoms with Crippen LogP contribution in [0.2, 0.25) is 0 Å². The molecule has 0 aromatic heterocycles. The second kappa shape index (κ2) is 22.1. The van der Waals surface area contributed by atoms with E-state index in [0.29, 0.717) is 12.8 Å². The molecule has 0 bridgehead atoms. The number of rotatable bonds is 28. The Balaban J connectivity index is 3.64. The van der Waals surface area contributed by atoms with Crippen LogP contribution in [0.15, 0.2) is 0 Å².